The van der Waals surface area contributed by atoms with E-state index >= 15 is 0 Å². The van der Waals surface area contributed by atoms with Gasteiger partial charge in [-0.2, -0.15) is 0 Å². The van der Waals surface area contributed by atoms with Crippen LogP contribution in [0.15, 0.2) is 30.3 Å². The molecule has 0 aromatic heterocycles. The second-order valence-corrected chi connectivity index (χ2v) is 5.79. The minimum absolute atomic E-state index is 0.0934. The van der Waals surface area contributed by atoms with E-state index in [1.54, 1.807) is 0 Å². The van der Waals surface area contributed by atoms with E-state index in [9.17, 15) is 4.79 Å². The summed E-state index contributed by atoms with van der Waals surface area (Å²) >= 11 is 0. The Labute approximate surface area is 122 Å². The monoisotopic (exact) mass is 274 g/mol. The predicted molar refractivity (Wildman–Crippen MR) is 82.9 cm³/mol. The third-order valence-electron chi connectivity index (χ3n) is 4.09. The zero-order valence-electron chi connectivity index (χ0n) is 12.7. The fourth-order valence-electron chi connectivity index (χ4n) is 2.72. The minimum Gasteiger partial charge on any atom is -0.337 e. The number of hydrogen-bond acceptors (Lipinski definition) is 1. The summed E-state index contributed by atoms with van der Waals surface area (Å²) in [6.07, 6.45) is 4.38. The molecule has 1 aliphatic rings. The van der Waals surface area contributed by atoms with E-state index in [0.717, 1.165) is 32.5 Å². The van der Waals surface area contributed by atoms with E-state index in [1.165, 1.54) is 18.4 Å². The Morgan fingerprint density at radius 2 is 1.75 bits per heavy atom. The highest BCUT2D eigenvalue weighted by molar-refractivity contribution is 5.74. The molecule has 0 unspecified atom stereocenters. The molecule has 20 heavy (non-hydrogen) atoms. The van der Waals surface area contributed by atoms with Crippen molar-refractivity contribution in [3.63, 3.8) is 0 Å². The van der Waals surface area contributed by atoms with Gasteiger partial charge in [-0.3, -0.25) is 0 Å². The van der Waals surface area contributed by atoms with E-state index in [2.05, 4.69) is 43.4 Å². The Morgan fingerprint density at radius 1 is 1.15 bits per heavy atom. The molecule has 0 atom stereocenters. The summed E-state index contributed by atoms with van der Waals surface area (Å²) in [6, 6.07) is 10.7. The Kier molecular flexibility index (Phi) is 5.05. The average molecular weight is 274 g/mol. The van der Waals surface area contributed by atoms with Gasteiger partial charge in [0.2, 0.25) is 0 Å². The Hall–Kier alpha value is -1.51. The van der Waals surface area contributed by atoms with Crippen molar-refractivity contribution in [3.05, 3.63) is 35.9 Å². The van der Waals surface area contributed by atoms with E-state index in [1.807, 2.05) is 11.0 Å². The van der Waals surface area contributed by atoms with Crippen LogP contribution in [-0.4, -0.2) is 30.6 Å². The Bertz CT molecular complexity index is 420. The summed E-state index contributed by atoms with van der Waals surface area (Å²) in [4.78, 5) is 14.2. The second-order valence-electron chi connectivity index (χ2n) is 5.79. The van der Waals surface area contributed by atoms with Gasteiger partial charge in [-0.25, -0.2) is 4.79 Å². The molecule has 0 spiro atoms. The van der Waals surface area contributed by atoms with Crippen molar-refractivity contribution in [2.24, 2.45) is 0 Å². The van der Waals surface area contributed by atoms with Gasteiger partial charge in [-0.05, 0) is 31.2 Å². The quantitative estimate of drug-likeness (QED) is 0.810. The molecular formula is C17H26N2O. The highest BCUT2D eigenvalue weighted by atomic mass is 16.2. The predicted octanol–water partition coefficient (Wildman–Crippen LogP) is 3.55. The first-order chi connectivity index (χ1) is 9.72. The van der Waals surface area contributed by atoms with Gasteiger partial charge < -0.3 is 10.2 Å². The summed E-state index contributed by atoms with van der Waals surface area (Å²) < 4.78 is 0. The van der Waals surface area contributed by atoms with Crippen molar-refractivity contribution in [1.82, 2.24) is 10.2 Å². The van der Waals surface area contributed by atoms with Crippen molar-refractivity contribution < 1.29 is 4.79 Å². The summed E-state index contributed by atoms with van der Waals surface area (Å²) in [5, 5.41) is 3.14. The van der Waals surface area contributed by atoms with Gasteiger partial charge in [0.25, 0.3) is 0 Å². The van der Waals surface area contributed by atoms with Crippen LogP contribution < -0.4 is 5.32 Å². The van der Waals surface area contributed by atoms with E-state index in [4.69, 9.17) is 0 Å². The van der Waals surface area contributed by atoms with Gasteiger partial charge in [0.15, 0.2) is 0 Å². The number of carbonyl (C=O) groups is 1. The van der Waals surface area contributed by atoms with Crippen molar-refractivity contribution in [1.29, 1.82) is 0 Å². The molecule has 1 aromatic rings. The van der Waals surface area contributed by atoms with Crippen LogP contribution in [-0.2, 0) is 5.41 Å². The molecule has 3 nitrogen and oxygen atoms in total. The lowest BCUT2D eigenvalue weighted by atomic mass is 9.96. The SMILES string of the molecule is CCCN(CCC)C(=O)NCC1(c2ccccc2)CC1. The summed E-state index contributed by atoms with van der Waals surface area (Å²) in [7, 11) is 0. The number of urea groups is 1. The first-order valence-electron chi connectivity index (χ1n) is 7.80. The topological polar surface area (TPSA) is 32.3 Å². The van der Waals surface area contributed by atoms with Gasteiger partial charge in [-0.1, -0.05) is 44.2 Å². The molecule has 0 radical (unpaired) electrons. The minimum atomic E-state index is 0.0934. The van der Waals surface area contributed by atoms with Crippen LogP contribution in [0, 0.1) is 0 Å². The summed E-state index contributed by atoms with van der Waals surface area (Å²) in [5.41, 5.74) is 1.55. The molecule has 2 amide bonds. The fourth-order valence-corrected chi connectivity index (χ4v) is 2.72. The lowest BCUT2D eigenvalue weighted by Crippen LogP contribution is -2.43. The van der Waals surface area contributed by atoms with Crippen LogP contribution in [0.3, 0.4) is 0 Å². The maximum Gasteiger partial charge on any atom is 0.317 e. The molecule has 1 saturated carbocycles. The molecule has 1 fully saturated rings. The highest BCUT2D eigenvalue weighted by Crippen LogP contribution is 2.47. The normalized spacial score (nSPS) is 15.7. The Balaban J connectivity index is 1.90. The number of carbonyl (C=O) groups excluding carboxylic acids is 1. The number of hydrogen-bond donors (Lipinski definition) is 1. The zero-order chi connectivity index (χ0) is 14.4. The molecule has 1 N–H and O–H groups in total. The number of rotatable bonds is 7. The van der Waals surface area contributed by atoms with E-state index < -0.39 is 0 Å². The molecule has 110 valence electrons. The van der Waals surface area contributed by atoms with E-state index in [0.29, 0.717) is 0 Å². The number of nitrogens with one attached hydrogen (secondary N) is 1. The lowest BCUT2D eigenvalue weighted by molar-refractivity contribution is 0.196. The van der Waals surface area contributed by atoms with Gasteiger partial charge in [-0.15, -0.1) is 0 Å². The summed E-state index contributed by atoms with van der Waals surface area (Å²) in [5.74, 6) is 0. The fraction of sp³-hybridized carbons (Fsp3) is 0.588. The molecule has 0 aliphatic heterocycles. The molecule has 0 heterocycles. The van der Waals surface area contributed by atoms with Gasteiger partial charge in [0, 0.05) is 25.0 Å². The largest absolute Gasteiger partial charge is 0.337 e. The summed E-state index contributed by atoms with van der Waals surface area (Å²) in [6.45, 7) is 6.68. The van der Waals surface area contributed by atoms with Gasteiger partial charge in [0.1, 0.15) is 0 Å². The third-order valence-corrected chi connectivity index (χ3v) is 4.09. The van der Waals surface area contributed by atoms with Crippen molar-refractivity contribution in [3.8, 4) is 0 Å². The smallest absolute Gasteiger partial charge is 0.317 e. The highest BCUT2D eigenvalue weighted by Gasteiger charge is 2.44. The molecular weight excluding hydrogens is 248 g/mol. The molecule has 0 saturated heterocycles. The van der Waals surface area contributed by atoms with E-state index in [-0.39, 0.29) is 11.4 Å². The van der Waals surface area contributed by atoms with Crippen LogP contribution in [0.25, 0.3) is 0 Å². The number of amides is 2. The van der Waals surface area contributed by atoms with Gasteiger partial charge in [0.05, 0.1) is 0 Å². The third kappa shape index (κ3) is 3.53. The first kappa shape index (κ1) is 14.9. The van der Waals surface area contributed by atoms with Crippen molar-refractivity contribution in [2.45, 2.75) is 44.9 Å². The standard InChI is InChI=1S/C17H26N2O/c1-3-12-19(13-4-2)16(20)18-14-17(10-11-17)15-8-6-5-7-9-15/h5-9H,3-4,10-14H2,1-2H3,(H,18,20). The Morgan fingerprint density at radius 3 is 2.25 bits per heavy atom. The maximum absolute atomic E-state index is 12.2. The lowest BCUT2D eigenvalue weighted by Gasteiger charge is -2.24. The number of benzene rings is 1. The molecule has 0 bridgehead atoms. The maximum atomic E-state index is 12.2. The second kappa shape index (κ2) is 6.78. The van der Waals surface area contributed by atoms with Crippen molar-refractivity contribution in [2.75, 3.05) is 19.6 Å². The molecule has 1 aromatic carbocycles. The number of nitrogens with zero attached hydrogens (tertiary/aromatic N) is 1. The zero-order valence-corrected chi connectivity index (χ0v) is 12.7. The van der Waals surface area contributed by atoms with Crippen LogP contribution >= 0.6 is 0 Å². The molecule has 2 rings (SSSR count). The van der Waals surface area contributed by atoms with Crippen LogP contribution in [0.2, 0.25) is 0 Å². The average Bonchev–Trinajstić information content (AvgIpc) is 3.27. The van der Waals surface area contributed by atoms with Crippen LogP contribution in [0.4, 0.5) is 4.79 Å². The van der Waals surface area contributed by atoms with Gasteiger partial charge >= 0.3 is 6.03 Å². The first-order valence-corrected chi connectivity index (χ1v) is 7.80. The van der Waals surface area contributed by atoms with Crippen LogP contribution in [0.5, 0.6) is 0 Å². The molecule has 3 heteroatoms. The molecule has 1 aliphatic carbocycles. The van der Waals surface area contributed by atoms with Crippen molar-refractivity contribution >= 4 is 6.03 Å². The van der Waals surface area contributed by atoms with Crippen LogP contribution in [0.1, 0.15) is 45.1 Å².